The molecule has 0 spiro atoms. The average molecular weight is 482 g/mol. The van der Waals surface area contributed by atoms with Crippen LogP contribution in [0.15, 0.2) is 41.3 Å². The molecule has 2 aromatic carbocycles. The third kappa shape index (κ3) is 4.88. The number of carbonyl (C=O) groups is 3. The van der Waals surface area contributed by atoms with Gasteiger partial charge in [0.15, 0.2) is 0 Å². The number of rotatable bonds is 6. The number of halogens is 1. The molecule has 2 aromatic rings. The van der Waals surface area contributed by atoms with Crippen LogP contribution in [-0.2, 0) is 28.4 Å². The molecule has 0 aromatic heterocycles. The zero-order valence-corrected chi connectivity index (χ0v) is 19.8. The van der Waals surface area contributed by atoms with Crippen molar-refractivity contribution in [2.45, 2.75) is 61.9 Å². The van der Waals surface area contributed by atoms with Gasteiger partial charge in [0.1, 0.15) is 11.9 Å². The van der Waals surface area contributed by atoms with Crippen molar-refractivity contribution < 1.29 is 18.8 Å². The summed E-state index contributed by atoms with van der Waals surface area (Å²) in [4.78, 5) is 41.4. The Morgan fingerprint density at radius 2 is 1.74 bits per heavy atom. The minimum atomic E-state index is -0.703. The zero-order valence-electron chi connectivity index (χ0n) is 19.0. The van der Waals surface area contributed by atoms with E-state index in [-0.39, 0.29) is 24.8 Å². The molecule has 2 fully saturated rings. The molecular weight excluding hydrogens is 453 g/mol. The molecule has 2 saturated heterocycles. The molecule has 1 unspecified atom stereocenters. The van der Waals surface area contributed by atoms with Crippen LogP contribution in [0.5, 0.6) is 0 Å². The summed E-state index contributed by atoms with van der Waals surface area (Å²) in [6, 6.07) is 10.6. The summed E-state index contributed by atoms with van der Waals surface area (Å²) in [5, 5.41) is 2.30. The van der Waals surface area contributed by atoms with Gasteiger partial charge < -0.3 is 4.90 Å². The molecule has 3 heterocycles. The topological polar surface area (TPSA) is 69.7 Å². The van der Waals surface area contributed by atoms with E-state index in [1.165, 1.54) is 53.6 Å². The van der Waals surface area contributed by atoms with E-state index in [4.69, 9.17) is 0 Å². The molecular formula is C26H28FN3O3S. The molecule has 0 radical (unpaired) electrons. The first-order valence-electron chi connectivity index (χ1n) is 11.9. The fourth-order valence-electron chi connectivity index (χ4n) is 5.00. The van der Waals surface area contributed by atoms with Crippen molar-refractivity contribution in [3.8, 4) is 0 Å². The minimum Gasteiger partial charge on any atom is -0.322 e. The van der Waals surface area contributed by atoms with Gasteiger partial charge in [-0.1, -0.05) is 30.7 Å². The number of carbonyl (C=O) groups excluding carboxylic acids is 3. The third-order valence-corrected chi connectivity index (χ3v) is 8.00. The zero-order chi connectivity index (χ0) is 23.7. The van der Waals surface area contributed by atoms with Gasteiger partial charge in [0.2, 0.25) is 11.8 Å². The number of piperidine rings is 2. The van der Waals surface area contributed by atoms with Gasteiger partial charge >= 0.3 is 0 Å². The maximum atomic E-state index is 14.4. The van der Waals surface area contributed by atoms with Crippen molar-refractivity contribution in [1.29, 1.82) is 0 Å². The van der Waals surface area contributed by atoms with Gasteiger partial charge in [0, 0.05) is 35.7 Å². The van der Waals surface area contributed by atoms with Gasteiger partial charge in [-0.15, -0.1) is 11.8 Å². The van der Waals surface area contributed by atoms with Crippen LogP contribution in [0.3, 0.4) is 0 Å². The molecule has 8 heteroatoms. The number of imide groups is 1. The molecule has 0 bridgehead atoms. The summed E-state index contributed by atoms with van der Waals surface area (Å²) in [6.07, 6.45) is 4.36. The standard InChI is InChI=1S/C26H28FN3O3S/c27-19-12-20-21(15-30(26(20)33)22-8-9-24(31)28-25(22)32)23(13-19)34-16-18-6-4-17(5-7-18)14-29-10-2-1-3-11-29/h4-7,12-13,22H,1-3,8-11,14-16H2,(H,28,31,32). The molecule has 3 aliphatic heterocycles. The SMILES string of the molecule is O=C1CCC(N2Cc3c(SCc4ccc(CN5CCCCC5)cc4)cc(F)cc3C2=O)C(=O)N1. The van der Waals surface area contributed by atoms with Crippen molar-refractivity contribution in [3.63, 3.8) is 0 Å². The van der Waals surface area contributed by atoms with Crippen molar-refractivity contribution in [2.24, 2.45) is 0 Å². The maximum absolute atomic E-state index is 14.4. The minimum absolute atomic E-state index is 0.195. The van der Waals surface area contributed by atoms with E-state index in [0.717, 1.165) is 35.7 Å². The lowest BCUT2D eigenvalue weighted by Crippen LogP contribution is -2.52. The highest BCUT2D eigenvalue weighted by Crippen LogP contribution is 2.36. The first-order valence-corrected chi connectivity index (χ1v) is 12.9. The fraction of sp³-hybridized carbons (Fsp3) is 0.423. The highest BCUT2D eigenvalue weighted by molar-refractivity contribution is 7.98. The Bertz CT molecular complexity index is 1120. The second kappa shape index (κ2) is 9.88. The smallest absolute Gasteiger partial charge is 0.255 e. The molecule has 34 heavy (non-hydrogen) atoms. The summed E-state index contributed by atoms with van der Waals surface area (Å²) in [7, 11) is 0. The number of likely N-dealkylation sites (tertiary alicyclic amines) is 1. The first-order chi connectivity index (χ1) is 16.5. The van der Waals surface area contributed by atoms with Crippen LogP contribution >= 0.6 is 11.8 Å². The van der Waals surface area contributed by atoms with Gasteiger partial charge in [0.05, 0.1) is 0 Å². The van der Waals surface area contributed by atoms with Crippen LogP contribution in [0.1, 0.15) is 59.2 Å². The quantitative estimate of drug-likeness (QED) is 0.501. The van der Waals surface area contributed by atoms with Crippen molar-refractivity contribution >= 4 is 29.5 Å². The molecule has 0 saturated carbocycles. The van der Waals surface area contributed by atoms with Gasteiger partial charge in [-0.05, 0) is 61.2 Å². The summed E-state index contributed by atoms with van der Waals surface area (Å²) in [5.74, 6) is -0.942. The summed E-state index contributed by atoms with van der Waals surface area (Å²) in [6.45, 7) is 3.55. The van der Waals surface area contributed by atoms with E-state index >= 15 is 0 Å². The molecule has 0 aliphatic carbocycles. The fourth-order valence-corrected chi connectivity index (χ4v) is 6.06. The lowest BCUT2D eigenvalue weighted by molar-refractivity contribution is -0.136. The molecule has 5 rings (SSSR count). The van der Waals surface area contributed by atoms with Crippen molar-refractivity contribution in [2.75, 3.05) is 13.1 Å². The van der Waals surface area contributed by atoms with E-state index in [9.17, 15) is 18.8 Å². The second-order valence-electron chi connectivity index (χ2n) is 9.27. The summed E-state index contributed by atoms with van der Waals surface area (Å²) in [5.41, 5.74) is 3.50. The van der Waals surface area contributed by atoms with E-state index < -0.39 is 17.8 Å². The highest BCUT2D eigenvalue weighted by Gasteiger charge is 2.40. The van der Waals surface area contributed by atoms with Crippen molar-refractivity contribution in [3.05, 3.63) is 64.5 Å². The highest BCUT2D eigenvalue weighted by atomic mass is 32.2. The Morgan fingerprint density at radius 1 is 1.00 bits per heavy atom. The van der Waals surface area contributed by atoms with Crippen molar-refractivity contribution in [1.82, 2.24) is 15.1 Å². The Balaban J connectivity index is 1.26. The lowest BCUT2D eigenvalue weighted by Gasteiger charge is -2.29. The molecule has 1 atom stereocenters. The van der Waals surface area contributed by atoms with Gasteiger partial charge in [-0.2, -0.15) is 0 Å². The number of nitrogens with zero attached hydrogens (tertiary/aromatic N) is 2. The molecule has 178 valence electrons. The van der Waals surface area contributed by atoms with Crippen LogP contribution in [0.25, 0.3) is 0 Å². The Morgan fingerprint density at radius 3 is 2.47 bits per heavy atom. The summed E-state index contributed by atoms with van der Waals surface area (Å²) >= 11 is 1.50. The normalized spacial score (nSPS) is 21.0. The van der Waals surface area contributed by atoms with E-state index in [0.29, 0.717) is 17.7 Å². The number of thioether (sulfide) groups is 1. The Hall–Kier alpha value is -2.71. The molecule has 1 N–H and O–H groups in total. The Kier molecular flexibility index (Phi) is 6.70. The number of fused-ring (bicyclic) bond motifs is 1. The van der Waals surface area contributed by atoms with Gasteiger partial charge in [-0.3, -0.25) is 24.6 Å². The largest absolute Gasteiger partial charge is 0.322 e. The van der Waals surface area contributed by atoms with E-state index in [1.54, 1.807) is 0 Å². The van der Waals surface area contributed by atoms with Crippen LogP contribution in [0.2, 0.25) is 0 Å². The van der Waals surface area contributed by atoms with Crippen LogP contribution in [0.4, 0.5) is 4.39 Å². The number of hydrogen-bond donors (Lipinski definition) is 1. The summed E-state index contributed by atoms with van der Waals surface area (Å²) < 4.78 is 14.4. The lowest BCUT2D eigenvalue weighted by atomic mass is 10.0. The van der Waals surface area contributed by atoms with E-state index in [2.05, 4.69) is 34.5 Å². The second-order valence-corrected chi connectivity index (χ2v) is 10.3. The van der Waals surface area contributed by atoms with E-state index in [1.807, 2.05) is 0 Å². The predicted molar refractivity (Wildman–Crippen MR) is 128 cm³/mol. The molecule has 6 nitrogen and oxygen atoms in total. The monoisotopic (exact) mass is 481 g/mol. The Labute approximate surface area is 202 Å². The first kappa shape index (κ1) is 23.1. The number of nitrogens with one attached hydrogen (secondary N) is 1. The van der Waals surface area contributed by atoms with Crippen LogP contribution in [-0.4, -0.2) is 46.7 Å². The predicted octanol–water partition coefficient (Wildman–Crippen LogP) is 3.86. The number of amides is 3. The van der Waals surface area contributed by atoms with Crippen LogP contribution < -0.4 is 5.32 Å². The molecule has 3 aliphatic rings. The number of benzene rings is 2. The maximum Gasteiger partial charge on any atom is 0.255 e. The number of hydrogen-bond acceptors (Lipinski definition) is 5. The third-order valence-electron chi connectivity index (χ3n) is 6.85. The molecule has 3 amide bonds. The van der Waals surface area contributed by atoms with Crippen LogP contribution in [0, 0.1) is 5.82 Å². The average Bonchev–Trinajstić information content (AvgIpc) is 3.15. The van der Waals surface area contributed by atoms with Gasteiger partial charge in [0.25, 0.3) is 5.91 Å². The van der Waals surface area contributed by atoms with Gasteiger partial charge in [-0.25, -0.2) is 4.39 Å².